The van der Waals surface area contributed by atoms with Gasteiger partial charge in [-0.15, -0.1) is 0 Å². The molecule has 1 aromatic heterocycles. The van der Waals surface area contributed by atoms with Crippen molar-refractivity contribution in [3.8, 4) is 0 Å². The van der Waals surface area contributed by atoms with Crippen molar-refractivity contribution in [3.63, 3.8) is 0 Å². The fourth-order valence-corrected chi connectivity index (χ4v) is 3.01. The average molecular weight is 335 g/mol. The van der Waals surface area contributed by atoms with E-state index in [0.717, 1.165) is 23.1 Å². The first-order valence-corrected chi connectivity index (χ1v) is 8.22. The number of para-hydroxylation sites is 2. The molecule has 0 saturated carbocycles. The molecule has 6 heteroatoms. The molecule has 25 heavy (non-hydrogen) atoms. The van der Waals surface area contributed by atoms with Crippen LogP contribution in [0, 0.1) is 0 Å². The van der Waals surface area contributed by atoms with Crippen LogP contribution in [0.4, 0.5) is 5.69 Å². The van der Waals surface area contributed by atoms with Gasteiger partial charge in [-0.25, -0.2) is 9.78 Å². The zero-order valence-corrected chi connectivity index (χ0v) is 13.6. The number of amides is 1. The molecule has 1 amide bonds. The van der Waals surface area contributed by atoms with Crippen LogP contribution in [-0.2, 0) is 16.1 Å². The first-order valence-electron chi connectivity index (χ1n) is 8.22. The zero-order valence-electron chi connectivity index (χ0n) is 13.6. The predicted octanol–water partition coefficient (Wildman–Crippen LogP) is 3.05. The topological polar surface area (TPSA) is 75.3 Å². The van der Waals surface area contributed by atoms with E-state index in [1.807, 2.05) is 30.3 Å². The number of nitrogens with zero attached hydrogens (tertiary/aromatic N) is 2. The highest BCUT2D eigenvalue weighted by Gasteiger charge is 2.22. The Labute approximate surface area is 144 Å². The van der Waals surface area contributed by atoms with Crippen molar-refractivity contribution in [1.29, 1.82) is 0 Å². The monoisotopic (exact) mass is 335 g/mol. The Balaban J connectivity index is 1.46. The van der Waals surface area contributed by atoms with Gasteiger partial charge in [-0.05, 0) is 36.8 Å². The molecule has 3 aromatic rings. The number of anilines is 1. The van der Waals surface area contributed by atoms with Crippen molar-refractivity contribution in [1.82, 2.24) is 9.97 Å². The summed E-state index contributed by atoms with van der Waals surface area (Å²) in [4.78, 5) is 33.4. The van der Waals surface area contributed by atoms with E-state index in [1.54, 1.807) is 23.1 Å². The Hall–Kier alpha value is -3.15. The number of carbonyl (C=O) groups is 2. The van der Waals surface area contributed by atoms with E-state index in [1.165, 1.54) is 0 Å². The second kappa shape index (κ2) is 6.39. The number of imidazole rings is 1. The van der Waals surface area contributed by atoms with E-state index in [0.29, 0.717) is 24.4 Å². The number of rotatable bonds is 4. The number of aromatic amines is 1. The minimum atomic E-state index is -0.436. The molecule has 2 heterocycles. The van der Waals surface area contributed by atoms with Crippen molar-refractivity contribution < 1.29 is 14.3 Å². The van der Waals surface area contributed by atoms with Crippen LogP contribution in [0.25, 0.3) is 11.0 Å². The molecular weight excluding hydrogens is 318 g/mol. The van der Waals surface area contributed by atoms with Crippen LogP contribution in [0.1, 0.15) is 29.0 Å². The maximum atomic E-state index is 12.3. The zero-order chi connectivity index (χ0) is 17.2. The van der Waals surface area contributed by atoms with Crippen LogP contribution < -0.4 is 4.90 Å². The first kappa shape index (κ1) is 15.4. The van der Waals surface area contributed by atoms with Gasteiger partial charge in [0.15, 0.2) is 0 Å². The van der Waals surface area contributed by atoms with E-state index >= 15 is 0 Å². The standard InChI is InChI=1S/C19H17N3O3/c23-18-9-4-10-22(18)14-6-3-5-13(11-14)19(24)25-12-17-20-15-7-1-2-8-16(15)21-17/h1-3,5-8,11H,4,9-10,12H2,(H,20,21). The van der Waals surface area contributed by atoms with Gasteiger partial charge in [0.25, 0.3) is 0 Å². The fourth-order valence-electron chi connectivity index (χ4n) is 3.01. The molecule has 1 N–H and O–H groups in total. The van der Waals surface area contributed by atoms with E-state index in [4.69, 9.17) is 4.74 Å². The molecule has 0 aliphatic carbocycles. The van der Waals surface area contributed by atoms with Crippen molar-refractivity contribution in [3.05, 3.63) is 59.9 Å². The number of esters is 1. The lowest BCUT2D eigenvalue weighted by Gasteiger charge is -2.16. The van der Waals surface area contributed by atoms with Crippen LogP contribution in [0.5, 0.6) is 0 Å². The molecule has 126 valence electrons. The summed E-state index contributed by atoms with van der Waals surface area (Å²) in [5.41, 5.74) is 2.90. The summed E-state index contributed by atoms with van der Waals surface area (Å²) in [6.07, 6.45) is 1.40. The largest absolute Gasteiger partial charge is 0.454 e. The van der Waals surface area contributed by atoms with E-state index in [2.05, 4.69) is 9.97 Å². The highest BCUT2D eigenvalue weighted by Crippen LogP contribution is 2.22. The Morgan fingerprint density at radius 1 is 1.20 bits per heavy atom. The third-order valence-corrected chi connectivity index (χ3v) is 4.25. The molecule has 6 nitrogen and oxygen atoms in total. The highest BCUT2D eigenvalue weighted by molar-refractivity contribution is 5.97. The molecule has 0 spiro atoms. The fraction of sp³-hybridized carbons (Fsp3) is 0.211. The number of hydrogen-bond acceptors (Lipinski definition) is 4. The molecule has 1 aliphatic rings. The number of nitrogens with one attached hydrogen (secondary N) is 1. The maximum absolute atomic E-state index is 12.3. The SMILES string of the molecule is O=C(OCc1nc2ccccc2[nH]1)c1cccc(N2CCCC2=O)c1. The van der Waals surface area contributed by atoms with Crippen molar-refractivity contribution in [2.45, 2.75) is 19.4 Å². The summed E-state index contributed by atoms with van der Waals surface area (Å²) in [7, 11) is 0. The van der Waals surface area contributed by atoms with Gasteiger partial charge in [0.05, 0.1) is 16.6 Å². The van der Waals surface area contributed by atoms with Crippen LogP contribution in [0.15, 0.2) is 48.5 Å². The molecule has 0 atom stereocenters. The van der Waals surface area contributed by atoms with Crippen LogP contribution in [0.2, 0.25) is 0 Å². The average Bonchev–Trinajstić information content (AvgIpc) is 3.25. The molecule has 0 radical (unpaired) electrons. The van der Waals surface area contributed by atoms with Crippen molar-refractivity contribution >= 4 is 28.6 Å². The third kappa shape index (κ3) is 3.10. The number of aromatic nitrogens is 2. The Morgan fingerprint density at radius 3 is 2.88 bits per heavy atom. The summed E-state index contributed by atoms with van der Waals surface area (Å²) in [6, 6.07) is 14.6. The summed E-state index contributed by atoms with van der Waals surface area (Å²) < 4.78 is 5.35. The number of benzene rings is 2. The summed E-state index contributed by atoms with van der Waals surface area (Å²) in [6.45, 7) is 0.761. The second-order valence-corrected chi connectivity index (χ2v) is 5.98. The Morgan fingerprint density at radius 2 is 2.08 bits per heavy atom. The van der Waals surface area contributed by atoms with Crippen LogP contribution >= 0.6 is 0 Å². The van der Waals surface area contributed by atoms with Crippen molar-refractivity contribution in [2.24, 2.45) is 0 Å². The lowest BCUT2D eigenvalue weighted by Crippen LogP contribution is -2.23. The van der Waals surface area contributed by atoms with Crippen molar-refractivity contribution in [2.75, 3.05) is 11.4 Å². The van der Waals surface area contributed by atoms with Gasteiger partial charge in [-0.3, -0.25) is 4.79 Å². The summed E-state index contributed by atoms with van der Waals surface area (Å²) >= 11 is 0. The molecule has 2 aromatic carbocycles. The van der Waals surface area contributed by atoms with Gasteiger partial charge in [-0.1, -0.05) is 18.2 Å². The minimum absolute atomic E-state index is 0.0698. The second-order valence-electron chi connectivity index (χ2n) is 5.98. The quantitative estimate of drug-likeness (QED) is 0.744. The lowest BCUT2D eigenvalue weighted by atomic mass is 10.2. The number of ether oxygens (including phenoxy) is 1. The smallest absolute Gasteiger partial charge is 0.338 e. The molecule has 0 bridgehead atoms. The van der Waals surface area contributed by atoms with Gasteiger partial charge in [0.1, 0.15) is 12.4 Å². The molecule has 0 unspecified atom stereocenters. The Kier molecular flexibility index (Phi) is 3.93. The predicted molar refractivity (Wildman–Crippen MR) is 93.2 cm³/mol. The molecule has 1 fully saturated rings. The maximum Gasteiger partial charge on any atom is 0.338 e. The van der Waals surface area contributed by atoms with Gasteiger partial charge in [0, 0.05) is 18.7 Å². The van der Waals surface area contributed by atoms with E-state index in [9.17, 15) is 9.59 Å². The van der Waals surface area contributed by atoms with Gasteiger partial charge in [0.2, 0.25) is 5.91 Å². The number of carbonyl (C=O) groups excluding carboxylic acids is 2. The van der Waals surface area contributed by atoms with E-state index in [-0.39, 0.29) is 12.5 Å². The van der Waals surface area contributed by atoms with Crippen LogP contribution in [-0.4, -0.2) is 28.4 Å². The molecule has 1 saturated heterocycles. The molecule has 4 rings (SSSR count). The molecule has 1 aliphatic heterocycles. The third-order valence-electron chi connectivity index (χ3n) is 4.25. The lowest BCUT2D eigenvalue weighted by molar-refractivity contribution is -0.117. The van der Waals surface area contributed by atoms with Crippen LogP contribution in [0.3, 0.4) is 0 Å². The summed E-state index contributed by atoms with van der Waals surface area (Å²) in [5, 5.41) is 0. The van der Waals surface area contributed by atoms with Gasteiger partial charge < -0.3 is 14.6 Å². The number of fused-ring (bicyclic) bond motifs is 1. The number of hydrogen-bond donors (Lipinski definition) is 1. The normalized spacial score (nSPS) is 14.2. The van der Waals surface area contributed by atoms with Gasteiger partial charge >= 0.3 is 5.97 Å². The Bertz CT molecular complexity index is 915. The first-order chi connectivity index (χ1) is 12.2. The minimum Gasteiger partial charge on any atom is -0.454 e. The highest BCUT2D eigenvalue weighted by atomic mass is 16.5. The molecular formula is C19H17N3O3. The van der Waals surface area contributed by atoms with Gasteiger partial charge in [-0.2, -0.15) is 0 Å². The number of H-pyrrole nitrogens is 1. The van der Waals surface area contributed by atoms with E-state index < -0.39 is 5.97 Å². The summed E-state index contributed by atoms with van der Waals surface area (Å²) in [5.74, 6) is 0.252.